The van der Waals surface area contributed by atoms with Gasteiger partial charge in [0.05, 0.1) is 0 Å². The van der Waals surface area contributed by atoms with Crippen LogP contribution in [0.15, 0.2) is 66.7 Å². The number of aromatic amines is 1. The van der Waals surface area contributed by atoms with Gasteiger partial charge >= 0.3 is 0 Å². The van der Waals surface area contributed by atoms with Crippen molar-refractivity contribution in [2.75, 3.05) is 7.11 Å². The number of methoxy groups -OCH3 is 1. The molecular weight excluding hydrogens is 310 g/mol. The Bertz CT molecular complexity index is 1200. The van der Waals surface area contributed by atoms with E-state index in [1.54, 1.807) is 0 Å². The minimum Gasteiger partial charge on any atom is -0.364 e. The summed E-state index contributed by atoms with van der Waals surface area (Å²) in [6, 6.07) is 22.8. The number of benzene rings is 4. The first-order valence-electron chi connectivity index (χ1n) is 8.33. The van der Waals surface area contributed by atoms with Gasteiger partial charge in [0.1, 0.15) is 0 Å². The van der Waals surface area contributed by atoms with Crippen LogP contribution in [0.3, 0.4) is 0 Å². The molecule has 0 spiro atoms. The van der Waals surface area contributed by atoms with E-state index in [0.717, 1.165) is 27.7 Å². The van der Waals surface area contributed by atoms with E-state index in [-0.39, 0.29) is 0 Å². The van der Waals surface area contributed by atoms with Gasteiger partial charge in [0.2, 0.25) is 0 Å². The Morgan fingerprint density at radius 2 is 1.64 bits per heavy atom. The number of aliphatic hydroxyl groups excluding tert-OH is 1. The molecule has 1 unspecified atom stereocenters. The molecule has 3 nitrogen and oxygen atoms in total. The maximum absolute atomic E-state index is 10.2. The van der Waals surface area contributed by atoms with Gasteiger partial charge in [-0.2, -0.15) is 0 Å². The molecule has 5 rings (SSSR count). The molecule has 25 heavy (non-hydrogen) atoms. The van der Waals surface area contributed by atoms with E-state index in [4.69, 9.17) is 4.74 Å². The number of aromatic nitrogens is 1. The van der Waals surface area contributed by atoms with Crippen LogP contribution in [-0.4, -0.2) is 17.2 Å². The number of ether oxygens (including phenoxy) is 1. The lowest BCUT2D eigenvalue weighted by Crippen LogP contribution is -2.01. The highest BCUT2D eigenvalue weighted by Crippen LogP contribution is 2.38. The largest absolute Gasteiger partial charge is 0.364 e. The van der Waals surface area contributed by atoms with Crippen LogP contribution in [0, 0.1) is 0 Å². The predicted molar refractivity (Wildman–Crippen MR) is 102 cm³/mol. The smallest absolute Gasteiger partial charge is 0.181 e. The zero-order chi connectivity index (χ0) is 17.0. The second-order valence-corrected chi connectivity index (χ2v) is 6.39. The molecule has 0 bridgehead atoms. The standard InChI is InChI=1S/C22H17NO2/c1-25-22(24)17-7-3-2-6-16(17)15-11-14-10-9-13-5-4-8-18-20(13)21(14)19(12-15)23-18/h2-12,22-24H,1H3. The lowest BCUT2D eigenvalue weighted by Gasteiger charge is -2.15. The molecule has 0 saturated carbocycles. The number of aliphatic hydroxyl groups is 1. The molecule has 122 valence electrons. The van der Waals surface area contributed by atoms with Crippen LogP contribution in [-0.2, 0) is 4.74 Å². The summed E-state index contributed by atoms with van der Waals surface area (Å²) in [5.74, 6) is 0. The molecule has 1 aromatic heterocycles. The molecule has 0 amide bonds. The molecule has 0 aliphatic heterocycles. The van der Waals surface area contributed by atoms with E-state index in [1.165, 1.54) is 28.7 Å². The van der Waals surface area contributed by atoms with Gasteiger partial charge in [0.15, 0.2) is 6.29 Å². The second-order valence-electron chi connectivity index (χ2n) is 6.39. The fourth-order valence-corrected chi connectivity index (χ4v) is 3.85. The lowest BCUT2D eigenvalue weighted by atomic mass is 9.95. The SMILES string of the molecule is COC(O)c1ccccc1-c1cc2ccc3cccc4[nH]c(c1)c2c34. The summed E-state index contributed by atoms with van der Waals surface area (Å²) in [7, 11) is 1.51. The van der Waals surface area contributed by atoms with Crippen LogP contribution in [0.1, 0.15) is 11.9 Å². The van der Waals surface area contributed by atoms with Gasteiger partial charge in [-0.3, -0.25) is 0 Å². The number of rotatable bonds is 3. The van der Waals surface area contributed by atoms with E-state index in [2.05, 4.69) is 47.4 Å². The van der Waals surface area contributed by atoms with Crippen molar-refractivity contribution in [1.82, 2.24) is 4.98 Å². The second kappa shape index (κ2) is 5.31. The molecule has 1 atom stereocenters. The topological polar surface area (TPSA) is 45.2 Å². The van der Waals surface area contributed by atoms with Gasteiger partial charge in [0.25, 0.3) is 0 Å². The number of hydrogen-bond donors (Lipinski definition) is 2. The van der Waals surface area contributed by atoms with Gasteiger partial charge < -0.3 is 14.8 Å². The van der Waals surface area contributed by atoms with Crippen molar-refractivity contribution >= 4 is 32.6 Å². The summed E-state index contributed by atoms with van der Waals surface area (Å²) in [5, 5.41) is 15.2. The van der Waals surface area contributed by atoms with Gasteiger partial charge in [-0.05, 0) is 40.1 Å². The zero-order valence-electron chi connectivity index (χ0n) is 13.8. The van der Waals surface area contributed by atoms with Crippen LogP contribution in [0.25, 0.3) is 43.7 Å². The number of nitrogens with one attached hydrogen (secondary N) is 1. The van der Waals surface area contributed by atoms with Gasteiger partial charge in [-0.25, -0.2) is 0 Å². The molecule has 0 fully saturated rings. The third-order valence-corrected chi connectivity index (χ3v) is 4.99. The van der Waals surface area contributed by atoms with Gasteiger partial charge in [-0.1, -0.05) is 48.5 Å². The Morgan fingerprint density at radius 3 is 2.52 bits per heavy atom. The highest BCUT2D eigenvalue weighted by atomic mass is 16.6. The predicted octanol–water partition coefficient (Wildman–Crippen LogP) is 5.22. The maximum atomic E-state index is 10.2. The molecule has 0 radical (unpaired) electrons. The van der Waals surface area contributed by atoms with Crippen molar-refractivity contribution in [2.45, 2.75) is 6.29 Å². The first-order chi connectivity index (χ1) is 12.3. The highest BCUT2D eigenvalue weighted by Gasteiger charge is 2.16. The Morgan fingerprint density at radius 1 is 0.840 bits per heavy atom. The average molecular weight is 327 g/mol. The van der Waals surface area contributed by atoms with Crippen LogP contribution < -0.4 is 0 Å². The lowest BCUT2D eigenvalue weighted by molar-refractivity contribution is -0.0765. The number of H-pyrrole nitrogens is 1. The van der Waals surface area contributed by atoms with E-state index >= 15 is 0 Å². The van der Waals surface area contributed by atoms with Crippen molar-refractivity contribution in [3.8, 4) is 11.1 Å². The Labute approximate surface area is 144 Å². The van der Waals surface area contributed by atoms with E-state index in [0.29, 0.717) is 0 Å². The van der Waals surface area contributed by atoms with Crippen LogP contribution in [0.4, 0.5) is 0 Å². The normalized spacial score (nSPS) is 13.2. The molecule has 1 heterocycles. The first kappa shape index (κ1) is 14.5. The van der Waals surface area contributed by atoms with Crippen molar-refractivity contribution in [3.63, 3.8) is 0 Å². The third kappa shape index (κ3) is 2.07. The Balaban J connectivity index is 1.84. The Kier molecular flexibility index (Phi) is 3.07. The van der Waals surface area contributed by atoms with E-state index < -0.39 is 6.29 Å². The van der Waals surface area contributed by atoms with E-state index in [1.807, 2.05) is 24.3 Å². The minimum absolute atomic E-state index is 0.771. The monoisotopic (exact) mass is 327 g/mol. The summed E-state index contributed by atoms with van der Waals surface area (Å²) < 4.78 is 5.13. The van der Waals surface area contributed by atoms with Crippen LogP contribution in [0.2, 0.25) is 0 Å². The quantitative estimate of drug-likeness (QED) is 0.353. The minimum atomic E-state index is -0.937. The molecular formula is C22H17NO2. The molecule has 0 aliphatic rings. The summed E-state index contributed by atoms with van der Waals surface area (Å²) in [6.07, 6.45) is -0.937. The maximum Gasteiger partial charge on any atom is 0.181 e. The summed E-state index contributed by atoms with van der Waals surface area (Å²) in [5.41, 5.74) is 5.08. The van der Waals surface area contributed by atoms with Crippen LogP contribution in [0.5, 0.6) is 0 Å². The summed E-state index contributed by atoms with van der Waals surface area (Å²) in [6.45, 7) is 0. The first-order valence-corrected chi connectivity index (χ1v) is 8.33. The third-order valence-electron chi connectivity index (χ3n) is 4.99. The number of hydrogen-bond acceptors (Lipinski definition) is 2. The molecule has 2 N–H and O–H groups in total. The molecule has 3 heteroatoms. The van der Waals surface area contributed by atoms with Gasteiger partial charge in [0, 0.05) is 34.5 Å². The molecule has 0 aliphatic carbocycles. The van der Waals surface area contributed by atoms with Crippen LogP contribution >= 0.6 is 0 Å². The molecule has 4 aromatic carbocycles. The fourth-order valence-electron chi connectivity index (χ4n) is 3.85. The summed E-state index contributed by atoms with van der Waals surface area (Å²) in [4.78, 5) is 3.54. The van der Waals surface area contributed by atoms with Gasteiger partial charge in [-0.15, -0.1) is 0 Å². The molecule has 0 saturated heterocycles. The van der Waals surface area contributed by atoms with E-state index in [9.17, 15) is 5.11 Å². The molecule has 5 aromatic rings. The summed E-state index contributed by atoms with van der Waals surface area (Å²) >= 11 is 0. The highest BCUT2D eigenvalue weighted by molar-refractivity contribution is 6.23. The van der Waals surface area contributed by atoms with Crippen molar-refractivity contribution in [1.29, 1.82) is 0 Å². The van der Waals surface area contributed by atoms with Crippen molar-refractivity contribution in [2.24, 2.45) is 0 Å². The average Bonchev–Trinajstić information content (AvgIpc) is 3.05. The van der Waals surface area contributed by atoms with Crippen molar-refractivity contribution < 1.29 is 9.84 Å². The zero-order valence-corrected chi connectivity index (χ0v) is 13.8. The van der Waals surface area contributed by atoms with Crippen molar-refractivity contribution in [3.05, 3.63) is 72.3 Å². The Hall–Kier alpha value is -2.88. The fraction of sp³-hybridized carbons (Fsp3) is 0.0909.